The van der Waals surface area contributed by atoms with Crippen LogP contribution in [0.25, 0.3) is 0 Å². The molecule has 0 radical (unpaired) electrons. The van der Waals surface area contributed by atoms with E-state index in [1.54, 1.807) is 11.0 Å². The normalized spacial score (nSPS) is 16.2. The quantitative estimate of drug-likeness (QED) is 0.443. The number of hydrogen-bond donors (Lipinski definition) is 0. The standard InChI is InChI=1S/C21H16N2O4S/c24-20-14-28-21(15-5-4-6-17(13-15)23(25)26)22(20)16-9-11-19(12-10-16)27-18-7-2-1-3-8-18/h1-13,21H,14H2/t21-/m0/s1. The van der Waals surface area contributed by atoms with Crippen molar-refractivity contribution in [3.63, 3.8) is 0 Å². The first kappa shape index (κ1) is 18.1. The highest BCUT2D eigenvalue weighted by molar-refractivity contribution is 8.00. The molecular formula is C21H16N2O4S. The van der Waals surface area contributed by atoms with E-state index in [1.165, 1.54) is 23.9 Å². The lowest BCUT2D eigenvalue weighted by molar-refractivity contribution is -0.384. The van der Waals surface area contributed by atoms with Gasteiger partial charge in [-0.05, 0) is 42.0 Å². The largest absolute Gasteiger partial charge is 0.457 e. The number of hydrogen-bond acceptors (Lipinski definition) is 5. The lowest BCUT2D eigenvalue weighted by atomic mass is 10.1. The van der Waals surface area contributed by atoms with Gasteiger partial charge >= 0.3 is 0 Å². The summed E-state index contributed by atoms with van der Waals surface area (Å²) < 4.78 is 5.79. The smallest absolute Gasteiger partial charge is 0.269 e. The maximum atomic E-state index is 12.5. The van der Waals surface area contributed by atoms with E-state index in [0.29, 0.717) is 11.5 Å². The van der Waals surface area contributed by atoms with Crippen LogP contribution in [0.1, 0.15) is 10.9 Å². The lowest BCUT2D eigenvalue weighted by Crippen LogP contribution is -2.27. The van der Waals surface area contributed by atoms with Gasteiger partial charge in [-0.2, -0.15) is 0 Å². The number of amides is 1. The van der Waals surface area contributed by atoms with Gasteiger partial charge in [-0.15, -0.1) is 11.8 Å². The molecule has 1 aliphatic heterocycles. The number of benzene rings is 3. The molecule has 0 saturated carbocycles. The van der Waals surface area contributed by atoms with E-state index < -0.39 is 4.92 Å². The Labute approximate surface area is 165 Å². The van der Waals surface area contributed by atoms with Gasteiger partial charge in [-0.1, -0.05) is 30.3 Å². The Balaban J connectivity index is 1.58. The second-order valence-electron chi connectivity index (χ2n) is 6.19. The fraction of sp³-hybridized carbons (Fsp3) is 0.0952. The number of carbonyl (C=O) groups excluding carboxylic acids is 1. The molecule has 7 heteroatoms. The summed E-state index contributed by atoms with van der Waals surface area (Å²) in [6.45, 7) is 0. The SMILES string of the molecule is O=C1CS[C@@H](c2cccc([N+](=O)[O-])c2)N1c1ccc(Oc2ccccc2)cc1. The Morgan fingerprint density at radius 2 is 1.68 bits per heavy atom. The maximum Gasteiger partial charge on any atom is 0.269 e. The third kappa shape index (κ3) is 3.70. The van der Waals surface area contributed by atoms with Crippen molar-refractivity contribution in [2.24, 2.45) is 0 Å². The van der Waals surface area contributed by atoms with Crippen molar-refractivity contribution in [3.8, 4) is 11.5 Å². The highest BCUT2D eigenvalue weighted by Gasteiger charge is 2.34. The summed E-state index contributed by atoms with van der Waals surface area (Å²) >= 11 is 1.46. The number of nitro benzene ring substituents is 1. The van der Waals surface area contributed by atoms with Crippen molar-refractivity contribution in [1.82, 2.24) is 0 Å². The van der Waals surface area contributed by atoms with Crippen molar-refractivity contribution in [3.05, 3.63) is 94.5 Å². The van der Waals surface area contributed by atoms with Gasteiger partial charge in [-0.3, -0.25) is 19.8 Å². The Morgan fingerprint density at radius 3 is 2.39 bits per heavy atom. The fourth-order valence-electron chi connectivity index (χ4n) is 3.04. The molecule has 0 aromatic heterocycles. The third-order valence-electron chi connectivity index (χ3n) is 4.33. The van der Waals surface area contributed by atoms with E-state index in [1.807, 2.05) is 60.7 Å². The van der Waals surface area contributed by atoms with Crippen LogP contribution < -0.4 is 9.64 Å². The predicted octanol–water partition coefficient (Wildman–Crippen LogP) is 5.17. The van der Waals surface area contributed by atoms with Crippen LogP contribution in [-0.2, 0) is 4.79 Å². The highest BCUT2D eigenvalue weighted by Crippen LogP contribution is 2.42. The molecule has 0 spiro atoms. The Bertz CT molecular complexity index is 1010. The van der Waals surface area contributed by atoms with Gasteiger partial charge in [0.05, 0.1) is 10.7 Å². The monoisotopic (exact) mass is 392 g/mol. The van der Waals surface area contributed by atoms with Gasteiger partial charge in [0, 0.05) is 17.8 Å². The van der Waals surface area contributed by atoms with Crippen LogP contribution >= 0.6 is 11.8 Å². The average molecular weight is 392 g/mol. The first-order valence-electron chi connectivity index (χ1n) is 8.63. The van der Waals surface area contributed by atoms with Crippen molar-refractivity contribution in [1.29, 1.82) is 0 Å². The van der Waals surface area contributed by atoms with Crippen LogP contribution in [0.2, 0.25) is 0 Å². The van der Waals surface area contributed by atoms with E-state index in [2.05, 4.69) is 0 Å². The Kier molecular flexibility index (Phi) is 4.99. The number of ether oxygens (including phenoxy) is 1. The molecular weight excluding hydrogens is 376 g/mol. The second kappa shape index (κ2) is 7.74. The van der Waals surface area contributed by atoms with E-state index >= 15 is 0 Å². The minimum Gasteiger partial charge on any atom is -0.457 e. The number of nitrogens with zero attached hydrogens (tertiary/aromatic N) is 2. The fourth-order valence-corrected chi connectivity index (χ4v) is 4.21. The summed E-state index contributed by atoms with van der Waals surface area (Å²) in [5.41, 5.74) is 1.48. The van der Waals surface area contributed by atoms with Gasteiger partial charge in [0.1, 0.15) is 16.9 Å². The number of thioether (sulfide) groups is 1. The number of non-ortho nitro benzene ring substituents is 1. The average Bonchev–Trinajstić information content (AvgIpc) is 3.11. The minimum absolute atomic E-state index is 0.0176. The van der Waals surface area contributed by atoms with E-state index in [-0.39, 0.29) is 17.0 Å². The molecule has 1 atom stereocenters. The molecule has 3 aromatic carbocycles. The molecule has 0 aliphatic carbocycles. The van der Waals surface area contributed by atoms with Crippen molar-refractivity contribution < 1.29 is 14.5 Å². The molecule has 28 heavy (non-hydrogen) atoms. The first-order chi connectivity index (χ1) is 13.6. The predicted molar refractivity (Wildman–Crippen MR) is 109 cm³/mol. The number of para-hydroxylation sites is 1. The summed E-state index contributed by atoms with van der Waals surface area (Å²) in [7, 11) is 0. The Morgan fingerprint density at radius 1 is 0.964 bits per heavy atom. The van der Waals surface area contributed by atoms with E-state index in [4.69, 9.17) is 4.74 Å². The van der Waals surface area contributed by atoms with E-state index in [9.17, 15) is 14.9 Å². The molecule has 0 unspecified atom stereocenters. The molecule has 4 rings (SSSR count). The lowest BCUT2D eigenvalue weighted by Gasteiger charge is -2.24. The molecule has 6 nitrogen and oxygen atoms in total. The van der Waals surface area contributed by atoms with Gasteiger partial charge < -0.3 is 4.74 Å². The summed E-state index contributed by atoms with van der Waals surface area (Å²) in [6.07, 6.45) is 0. The number of anilines is 1. The molecule has 3 aromatic rings. The number of nitro groups is 1. The van der Waals surface area contributed by atoms with E-state index in [0.717, 1.165) is 17.0 Å². The summed E-state index contributed by atoms with van der Waals surface area (Å²) in [5, 5.41) is 10.8. The maximum absolute atomic E-state index is 12.5. The molecule has 140 valence electrons. The zero-order valence-corrected chi connectivity index (χ0v) is 15.5. The van der Waals surface area contributed by atoms with Gasteiger partial charge in [0.25, 0.3) is 5.69 Å². The van der Waals surface area contributed by atoms with Crippen LogP contribution in [0.3, 0.4) is 0 Å². The molecule has 1 aliphatic rings. The van der Waals surface area contributed by atoms with Crippen LogP contribution in [0.5, 0.6) is 11.5 Å². The topological polar surface area (TPSA) is 72.7 Å². The molecule has 0 N–H and O–H groups in total. The minimum atomic E-state index is -0.426. The third-order valence-corrected chi connectivity index (χ3v) is 5.54. The summed E-state index contributed by atoms with van der Waals surface area (Å²) in [5.74, 6) is 1.70. The van der Waals surface area contributed by atoms with Crippen LogP contribution in [0, 0.1) is 10.1 Å². The number of carbonyl (C=O) groups is 1. The van der Waals surface area contributed by atoms with Gasteiger partial charge in [-0.25, -0.2) is 0 Å². The van der Waals surface area contributed by atoms with Crippen molar-refractivity contribution in [2.75, 3.05) is 10.7 Å². The number of rotatable bonds is 5. The first-order valence-corrected chi connectivity index (χ1v) is 9.68. The Hall–Kier alpha value is -3.32. The zero-order valence-electron chi connectivity index (χ0n) is 14.7. The molecule has 1 saturated heterocycles. The van der Waals surface area contributed by atoms with Gasteiger partial charge in [0.15, 0.2) is 0 Å². The molecule has 1 heterocycles. The van der Waals surface area contributed by atoms with Crippen molar-refractivity contribution in [2.45, 2.75) is 5.37 Å². The second-order valence-corrected chi connectivity index (χ2v) is 7.26. The van der Waals surface area contributed by atoms with Gasteiger partial charge in [0.2, 0.25) is 5.91 Å². The summed E-state index contributed by atoms with van der Waals surface area (Å²) in [6, 6.07) is 23.1. The molecule has 1 amide bonds. The van der Waals surface area contributed by atoms with Crippen LogP contribution in [0.15, 0.2) is 78.9 Å². The molecule has 0 bridgehead atoms. The molecule has 1 fully saturated rings. The summed E-state index contributed by atoms with van der Waals surface area (Å²) in [4.78, 5) is 24.8. The van der Waals surface area contributed by atoms with Crippen LogP contribution in [0.4, 0.5) is 11.4 Å². The van der Waals surface area contributed by atoms with Crippen molar-refractivity contribution >= 4 is 29.0 Å². The zero-order chi connectivity index (χ0) is 19.5. The van der Waals surface area contributed by atoms with Crippen LogP contribution in [-0.4, -0.2) is 16.6 Å². The highest BCUT2D eigenvalue weighted by atomic mass is 32.2.